The summed E-state index contributed by atoms with van der Waals surface area (Å²) in [5.74, 6) is -0.110. The Balaban J connectivity index is 2.07. The molecule has 1 aromatic carbocycles. The summed E-state index contributed by atoms with van der Waals surface area (Å²) >= 11 is 0. The summed E-state index contributed by atoms with van der Waals surface area (Å²) in [5.41, 5.74) is 2.29. The molecule has 22 heavy (non-hydrogen) atoms. The number of H-pyrrole nitrogens is 1. The number of nitrogens with one attached hydrogen (secondary N) is 1. The number of benzene rings is 1. The lowest BCUT2D eigenvalue weighted by atomic mass is 10.1. The van der Waals surface area contributed by atoms with Crippen molar-refractivity contribution in [2.75, 3.05) is 0 Å². The first-order chi connectivity index (χ1) is 10.5. The first-order valence-electron chi connectivity index (χ1n) is 7.02. The van der Waals surface area contributed by atoms with Crippen LogP contribution in [0.25, 0.3) is 22.2 Å². The largest absolute Gasteiger partial charge is 0.358 e. The normalized spacial score (nSPS) is 11.8. The smallest absolute Gasteiger partial charge is 0.265 e. The second-order valence-electron chi connectivity index (χ2n) is 5.58. The molecule has 3 rings (SSSR count). The van der Waals surface area contributed by atoms with E-state index in [4.69, 9.17) is 0 Å². The number of halogens is 3. The van der Waals surface area contributed by atoms with Crippen molar-refractivity contribution in [3.8, 4) is 11.3 Å². The molecule has 0 aliphatic carbocycles. The molecule has 2 aromatic heterocycles. The van der Waals surface area contributed by atoms with Crippen LogP contribution >= 0.6 is 0 Å². The first-order valence-corrected chi connectivity index (χ1v) is 7.02. The van der Waals surface area contributed by atoms with Gasteiger partial charge < -0.3 is 4.98 Å². The summed E-state index contributed by atoms with van der Waals surface area (Å²) in [6, 6.07) is 7.71. The number of fused-ring (bicyclic) bond motifs is 1. The van der Waals surface area contributed by atoms with Crippen molar-refractivity contribution in [3.05, 3.63) is 53.6 Å². The Labute approximate surface area is 126 Å². The van der Waals surface area contributed by atoms with Crippen molar-refractivity contribution in [1.82, 2.24) is 9.97 Å². The van der Waals surface area contributed by atoms with Gasteiger partial charge in [-0.25, -0.2) is 13.2 Å². The summed E-state index contributed by atoms with van der Waals surface area (Å²) in [6.45, 7) is 4.10. The standard InChI is InChI=1S/C17H15F3N2/c1-9(2)15-6-11-5-13(18)12(7-16(11)22-15)14-4-3-10(8-21-14)17(19)20/h3-9,17,22H,1-2H3. The van der Waals surface area contributed by atoms with E-state index in [2.05, 4.69) is 9.97 Å². The van der Waals surface area contributed by atoms with Gasteiger partial charge in [-0.1, -0.05) is 13.8 Å². The van der Waals surface area contributed by atoms with Crippen molar-refractivity contribution < 1.29 is 13.2 Å². The van der Waals surface area contributed by atoms with E-state index >= 15 is 0 Å². The third kappa shape index (κ3) is 2.58. The minimum atomic E-state index is -2.58. The number of rotatable bonds is 3. The van der Waals surface area contributed by atoms with Gasteiger partial charge in [-0.05, 0) is 36.2 Å². The summed E-state index contributed by atoms with van der Waals surface area (Å²) < 4.78 is 39.4. The molecule has 2 nitrogen and oxygen atoms in total. The van der Waals surface area contributed by atoms with Crippen LogP contribution in [0.3, 0.4) is 0 Å². The third-order valence-electron chi connectivity index (χ3n) is 3.67. The zero-order valence-corrected chi connectivity index (χ0v) is 12.2. The number of alkyl halides is 2. The highest BCUT2D eigenvalue weighted by molar-refractivity contribution is 5.85. The lowest BCUT2D eigenvalue weighted by Crippen LogP contribution is -1.91. The average molecular weight is 304 g/mol. The predicted molar refractivity (Wildman–Crippen MR) is 80.5 cm³/mol. The summed E-state index contributed by atoms with van der Waals surface area (Å²) in [7, 11) is 0. The number of hydrogen-bond acceptors (Lipinski definition) is 1. The highest BCUT2D eigenvalue weighted by Crippen LogP contribution is 2.29. The molecule has 3 aromatic rings. The van der Waals surface area contributed by atoms with Crippen molar-refractivity contribution >= 4 is 10.9 Å². The minimum absolute atomic E-state index is 0.174. The number of hydrogen-bond donors (Lipinski definition) is 1. The lowest BCUT2D eigenvalue weighted by Gasteiger charge is -2.05. The molecule has 5 heteroatoms. The molecule has 0 atom stereocenters. The van der Waals surface area contributed by atoms with E-state index in [1.807, 2.05) is 19.9 Å². The van der Waals surface area contributed by atoms with Crippen LogP contribution in [0.5, 0.6) is 0 Å². The minimum Gasteiger partial charge on any atom is -0.358 e. The Bertz CT molecular complexity index is 805. The van der Waals surface area contributed by atoms with Crippen LogP contribution in [0.1, 0.15) is 37.4 Å². The van der Waals surface area contributed by atoms with E-state index in [0.717, 1.165) is 22.8 Å². The second-order valence-corrected chi connectivity index (χ2v) is 5.58. The number of pyridine rings is 1. The maximum Gasteiger partial charge on any atom is 0.265 e. The van der Waals surface area contributed by atoms with Crippen LogP contribution in [-0.2, 0) is 0 Å². The van der Waals surface area contributed by atoms with E-state index < -0.39 is 12.2 Å². The van der Waals surface area contributed by atoms with Crippen LogP contribution < -0.4 is 0 Å². The Hall–Kier alpha value is -2.30. The van der Waals surface area contributed by atoms with Crippen LogP contribution in [-0.4, -0.2) is 9.97 Å². The lowest BCUT2D eigenvalue weighted by molar-refractivity contribution is 0.151. The zero-order chi connectivity index (χ0) is 15.9. The van der Waals surface area contributed by atoms with Crippen molar-refractivity contribution in [1.29, 1.82) is 0 Å². The number of nitrogens with zero attached hydrogens (tertiary/aromatic N) is 1. The van der Waals surface area contributed by atoms with Gasteiger partial charge in [0.25, 0.3) is 6.43 Å². The van der Waals surface area contributed by atoms with E-state index in [1.54, 1.807) is 6.07 Å². The third-order valence-corrected chi connectivity index (χ3v) is 3.67. The molecule has 1 N–H and O–H groups in total. The quantitative estimate of drug-likeness (QED) is 0.686. The molecule has 0 spiro atoms. The van der Waals surface area contributed by atoms with Gasteiger partial charge in [-0.3, -0.25) is 4.98 Å². The molecule has 0 saturated carbocycles. The van der Waals surface area contributed by atoms with Crippen LogP contribution in [0, 0.1) is 5.82 Å². The average Bonchev–Trinajstić information content (AvgIpc) is 2.89. The van der Waals surface area contributed by atoms with Crippen LogP contribution in [0.2, 0.25) is 0 Å². The Morgan fingerprint density at radius 2 is 1.86 bits per heavy atom. The topological polar surface area (TPSA) is 28.7 Å². The van der Waals surface area contributed by atoms with E-state index in [9.17, 15) is 13.2 Å². The zero-order valence-electron chi connectivity index (χ0n) is 12.2. The van der Waals surface area contributed by atoms with Gasteiger partial charge in [0.15, 0.2) is 0 Å². The van der Waals surface area contributed by atoms with Gasteiger partial charge in [-0.2, -0.15) is 0 Å². The predicted octanol–water partition coefficient (Wildman–Crippen LogP) is 5.43. The Morgan fingerprint density at radius 1 is 1.09 bits per heavy atom. The molecule has 0 saturated heterocycles. The van der Waals surface area contributed by atoms with Gasteiger partial charge in [0.05, 0.1) is 5.69 Å². The van der Waals surface area contributed by atoms with Gasteiger partial charge in [0.2, 0.25) is 0 Å². The van der Waals surface area contributed by atoms with Crippen molar-refractivity contribution in [2.45, 2.75) is 26.2 Å². The van der Waals surface area contributed by atoms with E-state index in [0.29, 0.717) is 17.2 Å². The molecule has 0 amide bonds. The molecule has 0 radical (unpaired) electrons. The van der Waals surface area contributed by atoms with Gasteiger partial charge >= 0.3 is 0 Å². The highest BCUT2D eigenvalue weighted by Gasteiger charge is 2.13. The van der Waals surface area contributed by atoms with Gasteiger partial charge in [-0.15, -0.1) is 0 Å². The van der Waals surface area contributed by atoms with Gasteiger partial charge in [0.1, 0.15) is 5.82 Å². The fourth-order valence-corrected chi connectivity index (χ4v) is 2.38. The SMILES string of the molecule is CC(C)c1cc2cc(F)c(-c3ccc(C(F)F)cn3)cc2[nH]1. The molecular formula is C17H15F3N2. The highest BCUT2D eigenvalue weighted by atomic mass is 19.3. The van der Waals surface area contributed by atoms with Crippen molar-refractivity contribution in [3.63, 3.8) is 0 Å². The van der Waals surface area contributed by atoms with Crippen molar-refractivity contribution in [2.24, 2.45) is 0 Å². The van der Waals surface area contributed by atoms with E-state index in [-0.39, 0.29) is 5.56 Å². The maximum atomic E-state index is 14.3. The maximum absolute atomic E-state index is 14.3. The molecule has 114 valence electrons. The number of aromatic nitrogens is 2. The second kappa shape index (κ2) is 5.48. The monoisotopic (exact) mass is 304 g/mol. The molecule has 0 aliphatic heterocycles. The molecule has 0 unspecified atom stereocenters. The van der Waals surface area contributed by atoms with Crippen LogP contribution in [0.4, 0.5) is 13.2 Å². The van der Waals surface area contributed by atoms with Crippen LogP contribution in [0.15, 0.2) is 36.5 Å². The molecule has 0 aliphatic rings. The summed E-state index contributed by atoms with van der Waals surface area (Å²) in [5, 5.41) is 0.786. The van der Waals surface area contributed by atoms with Gasteiger partial charge in [0, 0.05) is 33.9 Å². The van der Waals surface area contributed by atoms with E-state index in [1.165, 1.54) is 18.2 Å². The summed E-state index contributed by atoms with van der Waals surface area (Å²) in [6.07, 6.45) is -1.50. The fourth-order valence-electron chi connectivity index (χ4n) is 2.38. The molecule has 0 fully saturated rings. The molecule has 0 bridgehead atoms. The fraction of sp³-hybridized carbons (Fsp3) is 0.235. The number of aromatic amines is 1. The Morgan fingerprint density at radius 3 is 2.45 bits per heavy atom. The summed E-state index contributed by atoms with van der Waals surface area (Å²) in [4.78, 5) is 7.19. The Kier molecular flexibility index (Phi) is 3.64. The first kappa shape index (κ1) is 14.6. The molecular weight excluding hydrogens is 289 g/mol. The molecule has 2 heterocycles.